The van der Waals surface area contributed by atoms with E-state index in [2.05, 4.69) is 22.4 Å². The summed E-state index contributed by atoms with van der Waals surface area (Å²) in [5.41, 5.74) is 2.65. The topological polar surface area (TPSA) is 54.9 Å². The van der Waals surface area contributed by atoms with Gasteiger partial charge in [-0.05, 0) is 43.1 Å². The number of thiophene rings is 1. The summed E-state index contributed by atoms with van der Waals surface area (Å²) < 4.78 is 0. The molecule has 0 unspecified atom stereocenters. The molecule has 0 atom stereocenters. The maximum atomic E-state index is 12.3. The number of carbonyl (C=O) groups excluding carboxylic acids is 1. The second kappa shape index (κ2) is 8.63. The van der Waals surface area contributed by atoms with Gasteiger partial charge in [-0.25, -0.2) is 9.97 Å². The number of hydrogen-bond acceptors (Lipinski definition) is 6. The average Bonchev–Trinajstić information content (AvgIpc) is 3.27. The lowest BCUT2D eigenvalue weighted by Gasteiger charge is -2.07. The molecule has 27 heavy (non-hydrogen) atoms. The van der Waals surface area contributed by atoms with Crippen molar-refractivity contribution < 1.29 is 4.79 Å². The molecule has 4 nitrogen and oxygen atoms in total. The minimum absolute atomic E-state index is 0.0558. The summed E-state index contributed by atoms with van der Waals surface area (Å²) in [6.07, 6.45) is 6.31. The predicted molar refractivity (Wildman–Crippen MR) is 115 cm³/mol. The zero-order valence-corrected chi connectivity index (χ0v) is 17.6. The molecule has 140 valence electrons. The zero-order valence-electron chi connectivity index (χ0n) is 15.2. The van der Waals surface area contributed by atoms with Crippen molar-refractivity contribution >= 4 is 51.0 Å². The lowest BCUT2D eigenvalue weighted by atomic mass is 10.1. The van der Waals surface area contributed by atoms with E-state index in [4.69, 9.17) is 4.98 Å². The lowest BCUT2D eigenvalue weighted by Crippen LogP contribution is -2.27. The van der Waals surface area contributed by atoms with E-state index in [0.717, 1.165) is 34.3 Å². The van der Waals surface area contributed by atoms with E-state index in [9.17, 15) is 4.79 Å². The zero-order chi connectivity index (χ0) is 18.6. The number of aryl methyl sites for hydroxylation is 2. The molecule has 1 aliphatic rings. The highest BCUT2D eigenvalue weighted by Crippen LogP contribution is 2.41. The molecule has 7 heteroatoms. The van der Waals surface area contributed by atoms with Gasteiger partial charge in [0.1, 0.15) is 9.86 Å². The van der Waals surface area contributed by atoms with Gasteiger partial charge in [-0.2, -0.15) is 0 Å². The average molecular weight is 416 g/mol. The summed E-state index contributed by atoms with van der Waals surface area (Å²) in [5, 5.41) is 5.95. The minimum atomic E-state index is 0.0558. The van der Waals surface area contributed by atoms with Crippen LogP contribution in [0.25, 0.3) is 10.2 Å². The molecule has 0 fully saturated rings. The Hall–Kier alpha value is -1.57. The number of aromatic nitrogens is 2. The van der Waals surface area contributed by atoms with Gasteiger partial charge in [-0.1, -0.05) is 53.9 Å². The van der Waals surface area contributed by atoms with Gasteiger partial charge in [0, 0.05) is 16.8 Å². The predicted octanol–water partition coefficient (Wildman–Crippen LogP) is 4.35. The summed E-state index contributed by atoms with van der Waals surface area (Å²) in [7, 11) is 0. The first-order valence-electron chi connectivity index (χ1n) is 9.04. The van der Waals surface area contributed by atoms with E-state index >= 15 is 0 Å². The van der Waals surface area contributed by atoms with Crippen molar-refractivity contribution in [1.29, 1.82) is 0 Å². The molecule has 0 bridgehead atoms. The molecule has 0 saturated heterocycles. The first-order chi connectivity index (χ1) is 13.2. The van der Waals surface area contributed by atoms with Gasteiger partial charge in [0.2, 0.25) is 5.91 Å². The Morgan fingerprint density at radius 2 is 2.07 bits per heavy atom. The highest BCUT2D eigenvalue weighted by molar-refractivity contribution is 8.00. The van der Waals surface area contributed by atoms with Crippen LogP contribution in [0.1, 0.15) is 22.4 Å². The van der Waals surface area contributed by atoms with Gasteiger partial charge in [0.05, 0.1) is 5.75 Å². The van der Waals surface area contributed by atoms with Gasteiger partial charge in [-0.15, -0.1) is 11.3 Å². The third kappa shape index (κ3) is 4.31. The van der Waals surface area contributed by atoms with Crippen LogP contribution in [0.2, 0.25) is 0 Å². The summed E-state index contributed by atoms with van der Waals surface area (Å²) in [5.74, 6) is 0.444. The SMILES string of the molecule is CSc1nc(SCC(=O)NCCc2ccccc2)c2c3c(sc2n1)CCC3. The smallest absolute Gasteiger partial charge is 0.230 e. The Morgan fingerprint density at radius 1 is 1.22 bits per heavy atom. The van der Waals surface area contributed by atoms with Crippen LogP contribution in [0, 0.1) is 0 Å². The third-order valence-corrected chi connectivity index (χ3v) is 7.32. The molecule has 1 aromatic carbocycles. The quantitative estimate of drug-likeness (QED) is 0.353. The normalized spacial score (nSPS) is 13.1. The summed E-state index contributed by atoms with van der Waals surface area (Å²) in [4.78, 5) is 24.2. The van der Waals surface area contributed by atoms with Crippen LogP contribution < -0.4 is 5.32 Å². The molecule has 1 N–H and O–H groups in total. The van der Waals surface area contributed by atoms with Crippen LogP contribution in [-0.2, 0) is 24.1 Å². The Balaban J connectivity index is 1.41. The lowest BCUT2D eigenvalue weighted by molar-refractivity contribution is -0.118. The number of amides is 1. The van der Waals surface area contributed by atoms with Crippen molar-refractivity contribution in [3.05, 3.63) is 46.3 Å². The fourth-order valence-corrected chi connectivity index (χ4v) is 6.01. The van der Waals surface area contributed by atoms with Gasteiger partial charge in [-0.3, -0.25) is 4.79 Å². The Morgan fingerprint density at radius 3 is 2.89 bits per heavy atom. The molecule has 2 heterocycles. The summed E-state index contributed by atoms with van der Waals surface area (Å²) >= 11 is 4.89. The monoisotopic (exact) mass is 415 g/mol. The van der Waals surface area contributed by atoms with Gasteiger partial charge >= 0.3 is 0 Å². The number of nitrogens with one attached hydrogen (secondary N) is 1. The van der Waals surface area contributed by atoms with E-state index in [1.54, 1.807) is 23.1 Å². The van der Waals surface area contributed by atoms with E-state index in [0.29, 0.717) is 12.3 Å². The van der Waals surface area contributed by atoms with Crippen molar-refractivity contribution in [3.8, 4) is 0 Å². The molecular formula is C20H21N3OS3. The maximum absolute atomic E-state index is 12.3. The fraction of sp³-hybridized carbons (Fsp3) is 0.350. The summed E-state index contributed by atoms with van der Waals surface area (Å²) in [6.45, 7) is 0.659. The van der Waals surface area contributed by atoms with E-state index in [1.165, 1.54) is 39.6 Å². The van der Waals surface area contributed by atoms with Crippen LogP contribution in [0.15, 0.2) is 40.5 Å². The standard InChI is InChI=1S/C20H21N3OS3/c1-25-20-22-18(17-14-8-5-9-15(14)27-19(17)23-20)26-12-16(24)21-11-10-13-6-3-2-4-7-13/h2-4,6-7H,5,8-12H2,1H3,(H,21,24). The molecule has 0 aliphatic heterocycles. The number of nitrogens with zero attached hydrogens (tertiary/aromatic N) is 2. The number of fused-ring (bicyclic) bond motifs is 3. The van der Waals surface area contributed by atoms with Crippen LogP contribution in [0.5, 0.6) is 0 Å². The molecule has 0 spiro atoms. The largest absolute Gasteiger partial charge is 0.355 e. The van der Waals surface area contributed by atoms with Crippen LogP contribution >= 0.6 is 34.9 Å². The second-order valence-corrected chi connectivity index (χ2v) is 9.25. The molecule has 0 radical (unpaired) electrons. The van der Waals surface area contributed by atoms with Crippen molar-refractivity contribution in [2.45, 2.75) is 35.9 Å². The van der Waals surface area contributed by atoms with Gasteiger partial charge in [0.15, 0.2) is 5.16 Å². The Bertz CT molecular complexity index is 956. The van der Waals surface area contributed by atoms with E-state index < -0.39 is 0 Å². The molecule has 3 aromatic rings. The first-order valence-corrected chi connectivity index (χ1v) is 12.1. The molecule has 2 aromatic heterocycles. The highest BCUT2D eigenvalue weighted by atomic mass is 32.2. The number of carbonyl (C=O) groups is 1. The van der Waals surface area contributed by atoms with Crippen molar-refractivity contribution in [1.82, 2.24) is 15.3 Å². The number of benzene rings is 1. The first kappa shape index (κ1) is 18.8. The van der Waals surface area contributed by atoms with E-state index in [-0.39, 0.29) is 5.91 Å². The molecular weight excluding hydrogens is 394 g/mol. The molecule has 1 amide bonds. The summed E-state index contributed by atoms with van der Waals surface area (Å²) in [6, 6.07) is 10.2. The molecule has 4 rings (SSSR count). The third-order valence-electron chi connectivity index (χ3n) is 4.61. The molecule has 0 saturated carbocycles. The Kier molecular flexibility index (Phi) is 6.00. The van der Waals surface area contributed by atoms with Crippen molar-refractivity contribution in [2.24, 2.45) is 0 Å². The van der Waals surface area contributed by atoms with Crippen LogP contribution in [0.3, 0.4) is 0 Å². The van der Waals surface area contributed by atoms with Gasteiger partial charge < -0.3 is 5.32 Å². The number of rotatable bonds is 7. The number of thioether (sulfide) groups is 2. The van der Waals surface area contributed by atoms with Crippen LogP contribution in [0.4, 0.5) is 0 Å². The van der Waals surface area contributed by atoms with Crippen molar-refractivity contribution in [2.75, 3.05) is 18.6 Å². The van der Waals surface area contributed by atoms with Gasteiger partial charge in [0.25, 0.3) is 0 Å². The Labute approximate surface area is 171 Å². The second-order valence-electron chi connectivity index (χ2n) is 6.43. The van der Waals surface area contributed by atoms with Crippen LogP contribution in [-0.4, -0.2) is 34.4 Å². The van der Waals surface area contributed by atoms with E-state index in [1.807, 2.05) is 24.5 Å². The fourth-order valence-electron chi connectivity index (χ4n) is 3.32. The molecule has 1 aliphatic carbocycles. The van der Waals surface area contributed by atoms with Crippen molar-refractivity contribution in [3.63, 3.8) is 0 Å². The number of hydrogen-bond donors (Lipinski definition) is 1. The highest BCUT2D eigenvalue weighted by Gasteiger charge is 2.22. The minimum Gasteiger partial charge on any atom is -0.355 e. The maximum Gasteiger partial charge on any atom is 0.230 e.